The molecule has 0 N–H and O–H groups in total. The van der Waals surface area contributed by atoms with E-state index in [0.717, 1.165) is 5.56 Å². The summed E-state index contributed by atoms with van der Waals surface area (Å²) in [7, 11) is 0. The summed E-state index contributed by atoms with van der Waals surface area (Å²) in [6.07, 6.45) is 0. The molecule has 0 radical (unpaired) electrons. The molecule has 21 heavy (non-hydrogen) atoms. The maximum absolute atomic E-state index is 12.8. The molecule has 0 atom stereocenters. The van der Waals surface area contributed by atoms with Crippen LogP contribution in [0.4, 0.5) is 0 Å². The van der Waals surface area contributed by atoms with Crippen LogP contribution < -0.4 is 0 Å². The highest BCUT2D eigenvalue weighted by atomic mass is 16.5. The predicted molar refractivity (Wildman–Crippen MR) is 85.6 cm³/mol. The number of carbonyl (C=O) groups is 1. The van der Waals surface area contributed by atoms with E-state index < -0.39 is 5.41 Å². The third kappa shape index (κ3) is 3.46. The Morgan fingerprint density at radius 2 is 1.43 bits per heavy atom. The molecule has 1 aromatic rings. The molecule has 0 bridgehead atoms. The van der Waals surface area contributed by atoms with Gasteiger partial charge in [-0.15, -0.1) is 0 Å². The Bertz CT molecular complexity index is 491. The van der Waals surface area contributed by atoms with E-state index >= 15 is 0 Å². The largest absolute Gasteiger partial charge is 0.378 e. The van der Waals surface area contributed by atoms with Crippen LogP contribution in [-0.4, -0.2) is 37.1 Å². The van der Waals surface area contributed by atoms with Gasteiger partial charge in [0.25, 0.3) is 0 Å². The Morgan fingerprint density at radius 1 is 0.952 bits per heavy atom. The maximum Gasteiger partial charge on any atom is 0.232 e. The average molecular weight is 289 g/mol. The quantitative estimate of drug-likeness (QED) is 0.837. The summed E-state index contributed by atoms with van der Waals surface area (Å²) in [5, 5.41) is 0. The van der Waals surface area contributed by atoms with Gasteiger partial charge < -0.3 is 9.64 Å². The second-order valence-corrected chi connectivity index (χ2v) is 7.36. The van der Waals surface area contributed by atoms with Gasteiger partial charge in [0.1, 0.15) is 0 Å². The van der Waals surface area contributed by atoms with Crippen LogP contribution in [0.2, 0.25) is 0 Å². The lowest BCUT2D eigenvalue weighted by atomic mass is 9.80. The number of amides is 1. The zero-order chi connectivity index (χ0) is 15.7. The van der Waals surface area contributed by atoms with Gasteiger partial charge >= 0.3 is 0 Å². The normalized spacial score (nSPS) is 16.9. The van der Waals surface area contributed by atoms with E-state index in [2.05, 4.69) is 45.0 Å². The fourth-order valence-corrected chi connectivity index (χ4v) is 2.67. The molecule has 3 nitrogen and oxygen atoms in total. The summed E-state index contributed by atoms with van der Waals surface area (Å²) in [4.78, 5) is 14.7. The molecule has 1 aromatic carbocycles. The highest BCUT2D eigenvalue weighted by molar-refractivity contribution is 5.87. The Labute approximate surface area is 128 Å². The summed E-state index contributed by atoms with van der Waals surface area (Å²) in [5.74, 6) is 0.189. The van der Waals surface area contributed by atoms with Gasteiger partial charge in [0, 0.05) is 13.1 Å². The zero-order valence-electron chi connectivity index (χ0n) is 13.9. The van der Waals surface area contributed by atoms with E-state index in [1.807, 2.05) is 18.7 Å². The molecule has 2 rings (SSSR count). The molecular formula is C18H27NO2. The van der Waals surface area contributed by atoms with E-state index in [9.17, 15) is 4.79 Å². The van der Waals surface area contributed by atoms with Crippen molar-refractivity contribution >= 4 is 5.91 Å². The van der Waals surface area contributed by atoms with Crippen LogP contribution in [0.25, 0.3) is 0 Å². The Kier molecular flexibility index (Phi) is 4.43. The average Bonchev–Trinajstić information content (AvgIpc) is 2.46. The smallest absolute Gasteiger partial charge is 0.232 e. The Balaban J connectivity index is 2.20. The minimum absolute atomic E-state index is 0.136. The number of hydrogen-bond acceptors (Lipinski definition) is 2. The Morgan fingerprint density at radius 3 is 1.90 bits per heavy atom. The lowest BCUT2D eigenvalue weighted by Crippen LogP contribution is -2.48. The van der Waals surface area contributed by atoms with E-state index in [1.54, 1.807) is 0 Å². The SMILES string of the molecule is CC(C)(C)c1ccc(C(C)(C)C(=O)N2CCOCC2)cc1. The number of ether oxygens (including phenoxy) is 1. The molecule has 1 aliphatic rings. The molecule has 0 aromatic heterocycles. The first-order valence-corrected chi connectivity index (χ1v) is 7.71. The number of benzene rings is 1. The third-order valence-electron chi connectivity index (χ3n) is 4.31. The molecule has 3 heteroatoms. The molecular weight excluding hydrogens is 262 g/mol. The molecule has 1 aliphatic heterocycles. The van der Waals surface area contributed by atoms with Crippen LogP contribution in [-0.2, 0) is 20.4 Å². The number of nitrogens with zero attached hydrogens (tertiary/aromatic N) is 1. The highest BCUT2D eigenvalue weighted by Gasteiger charge is 2.34. The maximum atomic E-state index is 12.8. The Hall–Kier alpha value is -1.35. The highest BCUT2D eigenvalue weighted by Crippen LogP contribution is 2.29. The molecule has 116 valence electrons. The first kappa shape index (κ1) is 16.0. The minimum atomic E-state index is -0.492. The first-order chi connectivity index (χ1) is 9.73. The van der Waals surface area contributed by atoms with Gasteiger partial charge in [-0.05, 0) is 30.4 Å². The van der Waals surface area contributed by atoms with Crippen molar-refractivity contribution in [2.75, 3.05) is 26.3 Å². The van der Waals surface area contributed by atoms with Crippen LogP contribution in [0.15, 0.2) is 24.3 Å². The van der Waals surface area contributed by atoms with Crippen molar-refractivity contribution in [2.24, 2.45) is 0 Å². The number of hydrogen-bond donors (Lipinski definition) is 0. The van der Waals surface area contributed by atoms with Crippen molar-refractivity contribution in [3.05, 3.63) is 35.4 Å². The first-order valence-electron chi connectivity index (χ1n) is 7.71. The lowest BCUT2D eigenvalue weighted by Gasteiger charge is -2.34. The number of carbonyl (C=O) groups excluding carboxylic acids is 1. The van der Waals surface area contributed by atoms with Crippen molar-refractivity contribution in [1.29, 1.82) is 0 Å². The second kappa shape index (κ2) is 5.80. The fourth-order valence-electron chi connectivity index (χ4n) is 2.67. The fraction of sp³-hybridized carbons (Fsp3) is 0.611. The van der Waals surface area contributed by atoms with E-state index in [-0.39, 0.29) is 11.3 Å². The summed E-state index contributed by atoms with van der Waals surface area (Å²) in [5.41, 5.74) is 2.01. The van der Waals surface area contributed by atoms with Crippen LogP contribution in [0.3, 0.4) is 0 Å². The van der Waals surface area contributed by atoms with Crippen LogP contribution in [0.1, 0.15) is 45.7 Å². The molecule has 0 saturated carbocycles. The van der Waals surface area contributed by atoms with Crippen LogP contribution in [0, 0.1) is 0 Å². The molecule has 0 aliphatic carbocycles. The van der Waals surface area contributed by atoms with Gasteiger partial charge in [0.15, 0.2) is 0 Å². The monoisotopic (exact) mass is 289 g/mol. The lowest BCUT2D eigenvalue weighted by molar-refractivity contribution is -0.140. The van der Waals surface area contributed by atoms with E-state index in [0.29, 0.717) is 26.3 Å². The number of rotatable bonds is 2. The van der Waals surface area contributed by atoms with Crippen LogP contribution >= 0.6 is 0 Å². The standard InChI is InChI=1S/C18H27NO2/c1-17(2,3)14-6-8-15(9-7-14)18(4,5)16(20)19-10-12-21-13-11-19/h6-9H,10-13H2,1-5H3. The molecule has 0 spiro atoms. The van der Waals surface area contributed by atoms with E-state index in [1.165, 1.54) is 5.56 Å². The zero-order valence-corrected chi connectivity index (χ0v) is 13.9. The molecule has 1 heterocycles. The van der Waals surface area contributed by atoms with Crippen molar-refractivity contribution in [1.82, 2.24) is 4.90 Å². The summed E-state index contributed by atoms with van der Waals surface area (Å²) in [6.45, 7) is 13.3. The van der Waals surface area contributed by atoms with Gasteiger partial charge in [-0.1, -0.05) is 45.0 Å². The topological polar surface area (TPSA) is 29.5 Å². The second-order valence-electron chi connectivity index (χ2n) is 7.36. The van der Waals surface area contributed by atoms with Gasteiger partial charge in [-0.25, -0.2) is 0 Å². The van der Waals surface area contributed by atoms with Crippen molar-refractivity contribution in [3.63, 3.8) is 0 Å². The minimum Gasteiger partial charge on any atom is -0.378 e. The molecule has 1 saturated heterocycles. The van der Waals surface area contributed by atoms with Crippen molar-refractivity contribution < 1.29 is 9.53 Å². The third-order valence-corrected chi connectivity index (χ3v) is 4.31. The predicted octanol–water partition coefficient (Wildman–Crippen LogP) is 3.12. The molecule has 1 fully saturated rings. The summed E-state index contributed by atoms with van der Waals surface area (Å²) < 4.78 is 5.33. The van der Waals surface area contributed by atoms with E-state index in [4.69, 9.17) is 4.74 Å². The van der Waals surface area contributed by atoms with Gasteiger partial charge in [-0.2, -0.15) is 0 Å². The summed E-state index contributed by atoms with van der Waals surface area (Å²) >= 11 is 0. The van der Waals surface area contributed by atoms with Crippen LogP contribution in [0.5, 0.6) is 0 Å². The summed E-state index contributed by atoms with van der Waals surface area (Å²) in [6, 6.07) is 8.48. The van der Waals surface area contributed by atoms with Gasteiger partial charge in [0.05, 0.1) is 18.6 Å². The van der Waals surface area contributed by atoms with Crippen molar-refractivity contribution in [3.8, 4) is 0 Å². The van der Waals surface area contributed by atoms with Gasteiger partial charge in [-0.3, -0.25) is 4.79 Å². The van der Waals surface area contributed by atoms with Crippen molar-refractivity contribution in [2.45, 2.75) is 45.4 Å². The molecule has 0 unspecified atom stereocenters. The number of morpholine rings is 1. The van der Waals surface area contributed by atoms with Gasteiger partial charge in [0.2, 0.25) is 5.91 Å². The molecule has 1 amide bonds.